The Balaban J connectivity index is 1.10. The number of nitrogens with one attached hydrogen (secondary N) is 1. The molecule has 5 rings (SSSR count). The van der Waals surface area contributed by atoms with E-state index in [0.29, 0.717) is 22.6 Å². The second kappa shape index (κ2) is 9.35. The first-order valence-electron chi connectivity index (χ1n) is 11.0. The number of carbonyl (C=O) groups excluding carboxylic acids is 1. The van der Waals surface area contributed by atoms with Crippen molar-refractivity contribution in [3.05, 3.63) is 53.9 Å². The minimum absolute atomic E-state index is 0.138. The van der Waals surface area contributed by atoms with E-state index < -0.39 is 5.79 Å². The molecule has 1 saturated carbocycles. The summed E-state index contributed by atoms with van der Waals surface area (Å²) in [6, 6.07) is 13.2. The smallest absolute Gasteiger partial charge is 0.277 e. The van der Waals surface area contributed by atoms with Crippen molar-refractivity contribution in [2.45, 2.75) is 56.6 Å². The molecule has 8 nitrogen and oxygen atoms in total. The van der Waals surface area contributed by atoms with E-state index >= 15 is 0 Å². The van der Waals surface area contributed by atoms with Crippen LogP contribution in [-0.2, 0) is 11.4 Å². The second-order valence-electron chi connectivity index (χ2n) is 8.24. The van der Waals surface area contributed by atoms with Gasteiger partial charge in [0.2, 0.25) is 5.91 Å². The molecule has 1 spiro atoms. The SMILES string of the molecule is Cc1cccc(OCc2nnc(SCC(=O)Nc3ccc4c(c3)OC3(CCCCC3)O4)o2)c1. The molecule has 2 heterocycles. The first-order chi connectivity index (χ1) is 16.1. The first kappa shape index (κ1) is 21.6. The van der Waals surface area contributed by atoms with Crippen molar-refractivity contribution in [2.24, 2.45) is 0 Å². The molecule has 0 bridgehead atoms. The molecule has 3 aromatic rings. The molecule has 172 valence electrons. The van der Waals surface area contributed by atoms with Gasteiger partial charge in [-0.2, -0.15) is 0 Å². The number of benzene rings is 2. The van der Waals surface area contributed by atoms with Crippen molar-refractivity contribution < 1.29 is 23.4 Å². The van der Waals surface area contributed by atoms with Crippen molar-refractivity contribution >= 4 is 23.4 Å². The quantitative estimate of drug-likeness (QED) is 0.479. The van der Waals surface area contributed by atoms with E-state index in [-0.39, 0.29) is 18.3 Å². The van der Waals surface area contributed by atoms with E-state index in [1.54, 1.807) is 0 Å². The monoisotopic (exact) mass is 467 g/mol. The first-order valence-corrected chi connectivity index (χ1v) is 12.0. The van der Waals surface area contributed by atoms with Gasteiger partial charge in [-0.05, 0) is 49.6 Å². The van der Waals surface area contributed by atoms with Crippen LogP contribution in [0.2, 0.25) is 0 Å². The molecule has 1 aliphatic carbocycles. The molecule has 1 N–H and O–H groups in total. The highest BCUT2D eigenvalue weighted by Crippen LogP contribution is 2.46. The summed E-state index contributed by atoms with van der Waals surface area (Å²) in [5, 5.41) is 11.1. The fraction of sp³-hybridized carbons (Fsp3) is 0.375. The predicted octanol–water partition coefficient (Wildman–Crippen LogP) is 5.12. The Hall–Kier alpha value is -3.20. The zero-order valence-corrected chi connectivity index (χ0v) is 19.2. The maximum Gasteiger partial charge on any atom is 0.277 e. The van der Waals surface area contributed by atoms with Crippen molar-refractivity contribution in [2.75, 3.05) is 11.1 Å². The number of amides is 1. The Labute approximate surface area is 196 Å². The van der Waals surface area contributed by atoms with Gasteiger partial charge in [0.1, 0.15) is 5.75 Å². The van der Waals surface area contributed by atoms with E-state index in [1.165, 1.54) is 18.2 Å². The fourth-order valence-corrected chi connectivity index (χ4v) is 4.58. The number of aromatic nitrogens is 2. The van der Waals surface area contributed by atoms with Crippen LogP contribution in [0.4, 0.5) is 5.69 Å². The van der Waals surface area contributed by atoms with Crippen molar-refractivity contribution in [1.82, 2.24) is 10.2 Å². The largest absolute Gasteiger partial charge is 0.484 e. The number of hydrogen-bond acceptors (Lipinski definition) is 8. The summed E-state index contributed by atoms with van der Waals surface area (Å²) in [7, 11) is 0. The topological polar surface area (TPSA) is 95.7 Å². The lowest BCUT2D eigenvalue weighted by Gasteiger charge is -2.31. The van der Waals surface area contributed by atoms with Crippen LogP contribution in [0.15, 0.2) is 52.1 Å². The number of carbonyl (C=O) groups is 1. The summed E-state index contributed by atoms with van der Waals surface area (Å²) in [5.74, 6) is 1.93. The van der Waals surface area contributed by atoms with Crippen LogP contribution in [-0.4, -0.2) is 27.6 Å². The van der Waals surface area contributed by atoms with Crippen LogP contribution >= 0.6 is 11.8 Å². The van der Waals surface area contributed by atoms with Crippen LogP contribution in [0.25, 0.3) is 0 Å². The average Bonchev–Trinajstić information content (AvgIpc) is 3.40. The summed E-state index contributed by atoms with van der Waals surface area (Å²) in [6.07, 6.45) is 5.20. The predicted molar refractivity (Wildman–Crippen MR) is 123 cm³/mol. The van der Waals surface area contributed by atoms with E-state index in [2.05, 4.69) is 15.5 Å². The summed E-state index contributed by atoms with van der Waals surface area (Å²) in [5.41, 5.74) is 1.77. The summed E-state index contributed by atoms with van der Waals surface area (Å²) in [4.78, 5) is 12.4. The average molecular weight is 468 g/mol. The summed E-state index contributed by atoms with van der Waals surface area (Å²) >= 11 is 1.17. The van der Waals surface area contributed by atoms with Gasteiger partial charge in [0, 0.05) is 24.6 Å². The minimum atomic E-state index is -0.530. The number of ether oxygens (including phenoxy) is 3. The van der Waals surface area contributed by atoms with Gasteiger partial charge in [-0.3, -0.25) is 4.79 Å². The molecule has 9 heteroatoms. The van der Waals surface area contributed by atoms with Gasteiger partial charge in [-0.25, -0.2) is 0 Å². The molecule has 2 aliphatic rings. The number of fused-ring (bicyclic) bond motifs is 1. The van der Waals surface area contributed by atoms with E-state index in [4.69, 9.17) is 18.6 Å². The number of anilines is 1. The van der Waals surface area contributed by atoms with Gasteiger partial charge in [0.25, 0.3) is 16.9 Å². The Bertz CT molecular complexity index is 1140. The molecule has 0 saturated heterocycles. The molecular formula is C24H25N3O5S. The standard InChI is InChI=1S/C24H25N3O5S/c1-16-6-5-7-18(12-16)29-14-22-26-27-23(30-22)33-15-21(28)25-17-8-9-19-20(13-17)32-24(31-19)10-3-2-4-11-24/h5-9,12-13H,2-4,10-11,14-15H2,1H3,(H,25,28). The number of aryl methyl sites for hydroxylation is 1. The van der Waals surface area contributed by atoms with Gasteiger partial charge in [0.05, 0.1) is 5.75 Å². The number of rotatable bonds is 7. The lowest BCUT2D eigenvalue weighted by Crippen LogP contribution is -2.40. The molecule has 0 radical (unpaired) electrons. The fourth-order valence-electron chi connectivity index (χ4n) is 4.00. The lowest BCUT2D eigenvalue weighted by atomic mass is 9.94. The highest BCUT2D eigenvalue weighted by atomic mass is 32.2. The van der Waals surface area contributed by atoms with Gasteiger partial charge in [-0.15, -0.1) is 10.2 Å². The normalized spacial score (nSPS) is 16.0. The Kier molecular flexibility index (Phi) is 6.13. The molecular weight excluding hydrogens is 442 g/mol. The van der Waals surface area contributed by atoms with E-state index in [0.717, 1.165) is 42.7 Å². The van der Waals surface area contributed by atoms with E-state index in [9.17, 15) is 4.79 Å². The van der Waals surface area contributed by atoms with Gasteiger partial charge in [0.15, 0.2) is 18.1 Å². The van der Waals surface area contributed by atoms with Crippen molar-refractivity contribution in [3.8, 4) is 17.2 Å². The molecule has 33 heavy (non-hydrogen) atoms. The Morgan fingerprint density at radius 1 is 1.09 bits per heavy atom. The Morgan fingerprint density at radius 3 is 2.79 bits per heavy atom. The number of thioether (sulfide) groups is 1. The van der Waals surface area contributed by atoms with E-state index in [1.807, 2.05) is 49.4 Å². The maximum atomic E-state index is 12.4. The van der Waals surface area contributed by atoms with Gasteiger partial charge >= 0.3 is 0 Å². The van der Waals surface area contributed by atoms with Crippen molar-refractivity contribution in [3.63, 3.8) is 0 Å². The molecule has 1 fully saturated rings. The summed E-state index contributed by atoms with van der Waals surface area (Å²) in [6.45, 7) is 2.16. The maximum absolute atomic E-state index is 12.4. The molecule has 0 unspecified atom stereocenters. The molecule has 1 aliphatic heterocycles. The summed E-state index contributed by atoms with van der Waals surface area (Å²) < 4.78 is 23.4. The van der Waals surface area contributed by atoms with Gasteiger partial charge in [-0.1, -0.05) is 30.3 Å². The third-order valence-electron chi connectivity index (χ3n) is 5.56. The highest BCUT2D eigenvalue weighted by Gasteiger charge is 2.42. The van der Waals surface area contributed by atoms with Crippen LogP contribution in [0.1, 0.15) is 43.6 Å². The number of hydrogen-bond donors (Lipinski definition) is 1. The third-order valence-corrected chi connectivity index (χ3v) is 6.38. The Morgan fingerprint density at radius 2 is 1.94 bits per heavy atom. The van der Waals surface area contributed by atoms with Crippen LogP contribution in [0.3, 0.4) is 0 Å². The molecule has 2 aromatic carbocycles. The zero-order chi connectivity index (χ0) is 22.7. The van der Waals surface area contributed by atoms with Crippen LogP contribution in [0.5, 0.6) is 17.2 Å². The van der Waals surface area contributed by atoms with Crippen LogP contribution in [0, 0.1) is 6.92 Å². The molecule has 1 aromatic heterocycles. The lowest BCUT2D eigenvalue weighted by molar-refractivity contribution is -0.113. The second-order valence-corrected chi connectivity index (χ2v) is 9.17. The van der Waals surface area contributed by atoms with Gasteiger partial charge < -0.3 is 23.9 Å². The highest BCUT2D eigenvalue weighted by molar-refractivity contribution is 7.99. The minimum Gasteiger partial charge on any atom is -0.484 e. The van der Waals surface area contributed by atoms with Crippen molar-refractivity contribution in [1.29, 1.82) is 0 Å². The molecule has 1 amide bonds. The molecule has 0 atom stereocenters. The zero-order valence-electron chi connectivity index (χ0n) is 18.3. The van der Waals surface area contributed by atoms with Crippen LogP contribution < -0.4 is 19.5 Å². The number of nitrogens with zero attached hydrogens (tertiary/aromatic N) is 2. The third kappa shape index (κ3) is 5.24.